The minimum atomic E-state index is -1.34. The summed E-state index contributed by atoms with van der Waals surface area (Å²) in [6.45, 7) is 1.54. The molecular formula is C15H22N2O6. The third-order valence-corrected chi connectivity index (χ3v) is 3.74. The summed E-state index contributed by atoms with van der Waals surface area (Å²) in [6.07, 6.45) is 0.373. The largest absolute Gasteiger partial charge is 0.512 e. The van der Waals surface area contributed by atoms with Crippen LogP contribution in [-0.4, -0.2) is 54.9 Å². The van der Waals surface area contributed by atoms with E-state index in [2.05, 4.69) is 4.98 Å². The van der Waals surface area contributed by atoms with Crippen LogP contribution >= 0.6 is 0 Å². The van der Waals surface area contributed by atoms with E-state index in [0.29, 0.717) is 12.1 Å². The molecule has 0 bridgehead atoms. The first kappa shape index (κ1) is 17.6. The Kier molecular flexibility index (Phi) is 5.89. The highest BCUT2D eigenvalue weighted by atomic mass is 16.6. The lowest BCUT2D eigenvalue weighted by Gasteiger charge is -2.16. The number of nitrogens with zero attached hydrogens (tertiary/aromatic N) is 2. The number of hydrogen-bond acceptors (Lipinski definition) is 7. The molecule has 4 atom stereocenters. The fourth-order valence-corrected chi connectivity index (χ4v) is 2.41. The Bertz CT molecular complexity index is 614. The van der Waals surface area contributed by atoms with E-state index in [0.717, 1.165) is 17.4 Å². The molecule has 128 valence electrons. The van der Waals surface area contributed by atoms with Gasteiger partial charge in [0.05, 0.1) is 18.1 Å². The van der Waals surface area contributed by atoms with Crippen molar-refractivity contribution in [3.05, 3.63) is 34.2 Å². The van der Waals surface area contributed by atoms with Crippen molar-refractivity contribution in [2.24, 2.45) is 0 Å². The number of aromatic nitrogens is 2. The third kappa shape index (κ3) is 3.97. The molecule has 0 saturated carbocycles. The second kappa shape index (κ2) is 7.69. The van der Waals surface area contributed by atoms with Crippen molar-refractivity contribution in [1.82, 2.24) is 9.55 Å². The quantitative estimate of drug-likeness (QED) is 0.540. The molecule has 0 aromatic carbocycles. The first-order valence-corrected chi connectivity index (χ1v) is 7.59. The number of aliphatic hydroxyl groups is 4. The van der Waals surface area contributed by atoms with Crippen LogP contribution in [0.1, 0.15) is 38.1 Å². The van der Waals surface area contributed by atoms with Crippen LogP contribution in [0.3, 0.4) is 0 Å². The van der Waals surface area contributed by atoms with Crippen molar-refractivity contribution >= 4 is 6.08 Å². The van der Waals surface area contributed by atoms with Gasteiger partial charge in [0.2, 0.25) is 0 Å². The Labute approximate surface area is 133 Å². The highest BCUT2D eigenvalue weighted by Crippen LogP contribution is 2.27. The van der Waals surface area contributed by atoms with E-state index in [9.17, 15) is 20.1 Å². The van der Waals surface area contributed by atoms with Crippen molar-refractivity contribution in [3.63, 3.8) is 0 Å². The van der Waals surface area contributed by atoms with E-state index < -0.39 is 36.8 Å². The summed E-state index contributed by atoms with van der Waals surface area (Å²) in [5.74, 6) is 0.143. The van der Waals surface area contributed by atoms with Gasteiger partial charge in [0.25, 0.3) is 0 Å². The second-order valence-electron chi connectivity index (χ2n) is 5.51. The molecule has 0 aliphatic carbocycles. The lowest BCUT2D eigenvalue weighted by atomic mass is 10.1. The van der Waals surface area contributed by atoms with Gasteiger partial charge >= 0.3 is 5.69 Å². The number of hydrogen-bond donors (Lipinski definition) is 4. The van der Waals surface area contributed by atoms with Crippen molar-refractivity contribution in [2.75, 3.05) is 6.61 Å². The smallest absolute Gasteiger partial charge is 0.350 e. The average Bonchev–Trinajstić information content (AvgIpc) is 2.81. The van der Waals surface area contributed by atoms with Crippen molar-refractivity contribution in [2.45, 2.75) is 50.7 Å². The van der Waals surface area contributed by atoms with Crippen LogP contribution in [0.4, 0.5) is 0 Å². The minimum Gasteiger partial charge on any atom is -0.512 e. The Morgan fingerprint density at radius 1 is 1.43 bits per heavy atom. The fraction of sp³-hybridized carbons (Fsp3) is 0.600. The third-order valence-electron chi connectivity index (χ3n) is 3.74. The SMILES string of the molecule is CCCC/C(O)=C/c1ccn([C@@H]2O[C@H](CO)[C@@H](O)[C@H]2O)c(=O)n1. The van der Waals surface area contributed by atoms with Crippen LogP contribution in [-0.2, 0) is 4.74 Å². The molecule has 2 heterocycles. The Morgan fingerprint density at radius 2 is 2.17 bits per heavy atom. The highest BCUT2D eigenvalue weighted by molar-refractivity contribution is 5.45. The van der Waals surface area contributed by atoms with Gasteiger partial charge in [-0.25, -0.2) is 4.79 Å². The van der Waals surface area contributed by atoms with E-state index in [1.807, 2.05) is 6.92 Å². The molecule has 0 radical (unpaired) electrons. The predicted molar refractivity (Wildman–Crippen MR) is 81.6 cm³/mol. The zero-order valence-electron chi connectivity index (χ0n) is 12.9. The topological polar surface area (TPSA) is 125 Å². The Balaban J connectivity index is 2.19. The summed E-state index contributed by atoms with van der Waals surface area (Å²) in [5.41, 5.74) is -0.386. The molecule has 8 nitrogen and oxygen atoms in total. The number of ether oxygens (including phenoxy) is 1. The van der Waals surface area contributed by atoms with Gasteiger partial charge in [-0.15, -0.1) is 0 Å². The Hall–Kier alpha value is -1.74. The monoisotopic (exact) mass is 326 g/mol. The van der Waals surface area contributed by atoms with Crippen LogP contribution in [0.5, 0.6) is 0 Å². The molecule has 1 aliphatic rings. The standard InChI is InChI=1S/C15H22N2O6/c1-2-3-4-10(19)7-9-5-6-17(15(22)16-9)14-13(21)12(20)11(8-18)23-14/h5-7,11-14,18-21H,2-4,8H2,1H3/b10-7-/t11-,12-,13-,14-/m1/s1. The zero-order valence-corrected chi connectivity index (χ0v) is 12.9. The van der Waals surface area contributed by atoms with Crippen LogP contribution in [0.25, 0.3) is 6.08 Å². The number of allylic oxidation sites excluding steroid dienone is 1. The number of aliphatic hydroxyl groups excluding tert-OH is 4. The van der Waals surface area contributed by atoms with E-state index in [4.69, 9.17) is 9.84 Å². The van der Waals surface area contributed by atoms with Crippen LogP contribution in [0.15, 0.2) is 22.8 Å². The zero-order chi connectivity index (χ0) is 17.0. The molecule has 0 unspecified atom stereocenters. The molecular weight excluding hydrogens is 304 g/mol. The second-order valence-corrected chi connectivity index (χ2v) is 5.51. The van der Waals surface area contributed by atoms with Gasteiger partial charge < -0.3 is 25.2 Å². The van der Waals surface area contributed by atoms with Crippen molar-refractivity contribution in [3.8, 4) is 0 Å². The predicted octanol–water partition coefficient (Wildman–Crippen LogP) is -0.0561. The summed E-state index contributed by atoms with van der Waals surface area (Å²) in [6, 6.07) is 1.50. The molecule has 0 spiro atoms. The van der Waals surface area contributed by atoms with Crippen molar-refractivity contribution in [1.29, 1.82) is 0 Å². The van der Waals surface area contributed by atoms with Crippen LogP contribution in [0, 0.1) is 0 Å². The van der Waals surface area contributed by atoms with Crippen LogP contribution < -0.4 is 5.69 Å². The molecule has 2 rings (SSSR count). The minimum absolute atomic E-state index is 0.143. The molecule has 8 heteroatoms. The molecule has 1 aromatic rings. The molecule has 1 aliphatic heterocycles. The van der Waals surface area contributed by atoms with E-state index in [1.165, 1.54) is 18.3 Å². The Morgan fingerprint density at radius 3 is 2.74 bits per heavy atom. The van der Waals surface area contributed by atoms with Gasteiger partial charge in [-0.1, -0.05) is 13.3 Å². The number of unbranched alkanes of at least 4 members (excludes halogenated alkanes) is 1. The van der Waals surface area contributed by atoms with E-state index in [1.54, 1.807) is 0 Å². The molecule has 4 N–H and O–H groups in total. The summed E-state index contributed by atoms with van der Waals surface area (Å²) in [7, 11) is 0. The lowest BCUT2D eigenvalue weighted by molar-refractivity contribution is -0.0549. The normalized spacial score (nSPS) is 28.3. The van der Waals surface area contributed by atoms with Gasteiger partial charge in [-0.3, -0.25) is 4.57 Å². The first-order chi connectivity index (χ1) is 11.0. The maximum Gasteiger partial charge on any atom is 0.350 e. The lowest BCUT2D eigenvalue weighted by Crippen LogP contribution is -2.36. The first-order valence-electron chi connectivity index (χ1n) is 7.59. The summed E-state index contributed by atoms with van der Waals surface area (Å²) in [4.78, 5) is 15.9. The molecule has 0 amide bonds. The van der Waals surface area contributed by atoms with E-state index in [-0.39, 0.29) is 5.76 Å². The van der Waals surface area contributed by atoms with Crippen LogP contribution in [0.2, 0.25) is 0 Å². The highest BCUT2D eigenvalue weighted by Gasteiger charge is 2.43. The summed E-state index contributed by atoms with van der Waals surface area (Å²) >= 11 is 0. The van der Waals surface area contributed by atoms with Gasteiger partial charge in [-0.2, -0.15) is 4.98 Å². The molecule has 23 heavy (non-hydrogen) atoms. The van der Waals surface area contributed by atoms with Gasteiger partial charge in [0.15, 0.2) is 6.23 Å². The average molecular weight is 326 g/mol. The summed E-state index contributed by atoms with van der Waals surface area (Å²) in [5, 5.41) is 38.4. The van der Waals surface area contributed by atoms with Gasteiger partial charge in [0, 0.05) is 18.7 Å². The summed E-state index contributed by atoms with van der Waals surface area (Å²) < 4.78 is 6.33. The van der Waals surface area contributed by atoms with E-state index >= 15 is 0 Å². The maximum absolute atomic E-state index is 12.1. The van der Waals surface area contributed by atoms with Gasteiger partial charge in [0.1, 0.15) is 18.3 Å². The van der Waals surface area contributed by atoms with Gasteiger partial charge in [-0.05, 0) is 12.5 Å². The molecule has 1 saturated heterocycles. The maximum atomic E-state index is 12.1. The van der Waals surface area contributed by atoms with Crippen molar-refractivity contribution < 1.29 is 25.2 Å². The number of rotatable bonds is 6. The molecule has 1 aromatic heterocycles. The fourth-order valence-electron chi connectivity index (χ4n) is 2.41. The molecule has 1 fully saturated rings.